The highest BCUT2D eigenvalue weighted by Gasteiger charge is 2.31. The number of benzene rings is 3. The van der Waals surface area contributed by atoms with Crippen molar-refractivity contribution >= 4 is 11.8 Å². The first kappa shape index (κ1) is 26.9. The second-order valence-corrected chi connectivity index (χ2v) is 9.21. The number of halogens is 1. The minimum Gasteiger partial charge on any atom is -0.484 e. The van der Waals surface area contributed by atoms with Crippen molar-refractivity contribution in [3.05, 3.63) is 101 Å². The number of hydrogen-bond donors (Lipinski definition) is 1. The van der Waals surface area contributed by atoms with Crippen molar-refractivity contribution in [3.63, 3.8) is 0 Å². The molecule has 0 bridgehead atoms. The maximum Gasteiger partial charge on any atom is 0.261 e. The van der Waals surface area contributed by atoms with E-state index in [4.69, 9.17) is 4.74 Å². The summed E-state index contributed by atoms with van der Waals surface area (Å²) in [4.78, 5) is 28.6. The van der Waals surface area contributed by atoms with Gasteiger partial charge < -0.3 is 15.0 Å². The van der Waals surface area contributed by atoms with E-state index >= 15 is 0 Å². The molecule has 6 heteroatoms. The van der Waals surface area contributed by atoms with Gasteiger partial charge in [-0.3, -0.25) is 9.59 Å². The SMILES string of the molecule is CC[C@@H](C)NC(=O)[C@@H](Cc1ccccc1)N(Cc1ccc(F)cc1)C(=O)COc1ccc(C)c(C)c1. The molecule has 1 N–H and O–H groups in total. The summed E-state index contributed by atoms with van der Waals surface area (Å²) in [5, 5.41) is 3.03. The van der Waals surface area contributed by atoms with Crippen LogP contribution in [0.15, 0.2) is 72.8 Å². The van der Waals surface area contributed by atoms with Gasteiger partial charge in [0, 0.05) is 19.0 Å². The van der Waals surface area contributed by atoms with E-state index in [1.165, 1.54) is 12.1 Å². The zero-order valence-electron chi connectivity index (χ0n) is 21.5. The van der Waals surface area contributed by atoms with Crippen molar-refractivity contribution in [1.29, 1.82) is 0 Å². The van der Waals surface area contributed by atoms with Gasteiger partial charge in [-0.1, -0.05) is 55.5 Å². The van der Waals surface area contributed by atoms with Gasteiger partial charge in [0.1, 0.15) is 17.6 Å². The normalized spacial score (nSPS) is 12.5. The molecule has 2 amide bonds. The van der Waals surface area contributed by atoms with Crippen LogP contribution in [0.25, 0.3) is 0 Å². The van der Waals surface area contributed by atoms with Gasteiger partial charge in [-0.15, -0.1) is 0 Å². The average molecular weight is 491 g/mol. The summed E-state index contributed by atoms with van der Waals surface area (Å²) in [5.74, 6) is -0.311. The molecule has 3 aromatic carbocycles. The number of carbonyl (C=O) groups is 2. The lowest BCUT2D eigenvalue weighted by Crippen LogP contribution is -2.53. The van der Waals surface area contributed by atoms with E-state index in [0.29, 0.717) is 12.2 Å². The molecular formula is C30H35FN2O3. The first-order valence-electron chi connectivity index (χ1n) is 12.3. The first-order valence-corrected chi connectivity index (χ1v) is 12.3. The van der Waals surface area contributed by atoms with E-state index < -0.39 is 6.04 Å². The predicted molar refractivity (Wildman–Crippen MR) is 140 cm³/mol. The quantitative estimate of drug-likeness (QED) is 0.393. The molecule has 0 spiro atoms. The predicted octanol–water partition coefficient (Wildman–Crippen LogP) is 5.38. The van der Waals surface area contributed by atoms with Crippen molar-refractivity contribution in [1.82, 2.24) is 10.2 Å². The Hall–Kier alpha value is -3.67. The summed E-state index contributed by atoms with van der Waals surface area (Å²) < 4.78 is 19.4. The van der Waals surface area contributed by atoms with E-state index in [1.54, 1.807) is 17.0 Å². The van der Waals surface area contributed by atoms with E-state index in [0.717, 1.165) is 28.7 Å². The van der Waals surface area contributed by atoms with Crippen LogP contribution in [0.4, 0.5) is 4.39 Å². The van der Waals surface area contributed by atoms with Crippen LogP contribution in [0.5, 0.6) is 5.75 Å². The Kier molecular flexibility index (Phi) is 9.62. The highest BCUT2D eigenvalue weighted by atomic mass is 19.1. The summed E-state index contributed by atoms with van der Waals surface area (Å²) in [6.07, 6.45) is 1.12. The summed E-state index contributed by atoms with van der Waals surface area (Å²) >= 11 is 0. The van der Waals surface area contributed by atoms with Crippen LogP contribution in [0.3, 0.4) is 0 Å². The number of nitrogens with one attached hydrogen (secondary N) is 1. The molecule has 190 valence electrons. The van der Waals surface area contributed by atoms with E-state index in [2.05, 4.69) is 5.32 Å². The molecule has 3 rings (SSSR count). The Morgan fingerprint density at radius 2 is 1.64 bits per heavy atom. The number of rotatable bonds is 11. The molecule has 0 saturated heterocycles. The summed E-state index contributed by atoms with van der Waals surface area (Å²) in [6.45, 7) is 7.87. The lowest BCUT2D eigenvalue weighted by atomic mass is 10.0. The van der Waals surface area contributed by atoms with Crippen LogP contribution in [0.1, 0.15) is 42.5 Å². The Labute approximate surface area is 213 Å². The fraction of sp³-hybridized carbons (Fsp3) is 0.333. The Balaban J connectivity index is 1.90. The number of carbonyl (C=O) groups excluding carboxylic acids is 2. The third-order valence-electron chi connectivity index (χ3n) is 6.38. The molecule has 0 heterocycles. The molecular weight excluding hydrogens is 455 g/mol. The molecule has 5 nitrogen and oxygen atoms in total. The van der Waals surface area contributed by atoms with Gasteiger partial charge in [0.15, 0.2) is 6.61 Å². The maximum absolute atomic E-state index is 13.6. The van der Waals surface area contributed by atoms with Crippen LogP contribution in [-0.4, -0.2) is 35.4 Å². The lowest BCUT2D eigenvalue weighted by molar-refractivity contribution is -0.143. The number of nitrogens with zero attached hydrogens (tertiary/aromatic N) is 1. The molecule has 0 aliphatic heterocycles. The topological polar surface area (TPSA) is 58.6 Å². The van der Waals surface area contributed by atoms with Gasteiger partial charge in [0.2, 0.25) is 5.91 Å². The zero-order chi connectivity index (χ0) is 26.1. The van der Waals surface area contributed by atoms with Crippen LogP contribution in [-0.2, 0) is 22.6 Å². The third kappa shape index (κ3) is 7.67. The third-order valence-corrected chi connectivity index (χ3v) is 6.38. The van der Waals surface area contributed by atoms with Crippen LogP contribution in [0.2, 0.25) is 0 Å². The summed E-state index contributed by atoms with van der Waals surface area (Å²) in [6, 6.07) is 20.5. The van der Waals surface area contributed by atoms with Crippen molar-refractivity contribution in [2.45, 2.75) is 59.2 Å². The highest BCUT2D eigenvalue weighted by molar-refractivity contribution is 5.88. The molecule has 2 atom stereocenters. The minimum absolute atomic E-state index is 0.0367. The smallest absolute Gasteiger partial charge is 0.261 e. The standard InChI is InChI=1S/C30H35FN2O3/c1-5-23(4)32-30(35)28(18-24-9-7-6-8-10-24)33(19-25-12-14-26(31)15-13-25)29(34)20-36-27-16-11-21(2)22(3)17-27/h6-17,23,28H,5,18-20H2,1-4H3,(H,32,35)/t23-,28-/m1/s1. The van der Waals surface area contributed by atoms with Crippen molar-refractivity contribution in [2.75, 3.05) is 6.61 Å². The number of hydrogen-bond acceptors (Lipinski definition) is 3. The number of amides is 2. The van der Waals surface area contributed by atoms with Gasteiger partial charge in [0.25, 0.3) is 5.91 Å². The monoisotopic (exact) mass is 490 g/mol. The van der Waals surface area contributed by atoms with Crippen LogP contribution in [0, 0.1) is 19.7 Å². The van der Waals surface area contributed by atoms with Crippen molar-refractivity contribution in [3.8, 4) is 5.75 Å². The van der Waals surface area contributed by atoms with Crippen LogP contribution < -0.4 is 10.1 Å². The lowest BCUT2D eigenvalue weighted by Gasteiger charge is -2.32. The van der Waals surface area contributed by atoms with Gasteiger partial charge in [-0.2, -0.15) is 0 Å². The highest BCUT2D eigenvalue weighted by Crippen LogP contribution is 2.19. The Morgan fingerprint density at radius 1 is 0.944 bits per heavy atom. The van der Waals surface area contributed by atoms with Crippen molar-refractivity contribution in [2.24, 2.45) is 0 Å². The van der Waals surface area contributed by atoms with E-state index in [9.17, 15) is 14.0 Å². The molecule has 0 unspecified atom stereocenters. The molecule has 0 saturated carbocycles. The molecule has 3 aromatic rings. The molecule has 0 fully saturated rings. The molecule has 36 heavy (non-hydrogen) atoms. The van der Waals surface area contributed by atoms with Gasteiger partial charge in [0.05, 0.1) is 0 Å². The summed E-state index contributed by atoms with van der Waals surface area (Å²) in [7, 11) is 0. The molecule has 0 aromatic heterocycles. The van der Waals surface area contributed by atoms with E-state index in [-0.39, 0.29) is 36.8 Å². The van der Waals surface area contributed by atoms with Crippen molar-refractivity contribution < 1.29 is 18.7 Å². The summed E-state index contributed by atoms with van der Waals surface area (Å²) in [5.41, 5.74) is 3.87. The van der Waals surface area contributed by atoms with Crippen LogP contribution >= 0.6 is 0 Å². The average Bonchev–Trinajstić information content (AvgIpc) is 2.88. The minimum atomic E-state index is -0.762. The second kappa shape index (κ2) is 12.9. The fourth-order valence-electron chi connectivity index (χ4n) is 3.81. The van der Waals surface area contributed by atoms with Gasteiger partial charge in [-0.05, 0) is 73.7 Å². The Morgan fingerprint density at radius 3 is 2.28 bits per heavy atom. The maximum atomic E-state index is 13.6. The van der Waals surface area contributed by atoms with E-state index in [1.807, 2.05) is 76.2 Å². The van der Waals surface area contributed by atoms with Gasteiger partial charge >= 0.3 is 0 Å². The zero-order valence-corrected chi connectivity index (χ0v) is 21.5. The number of aryl methyl sites for hydroxylation is 2. The molecule has 0 aliphatic carbocycles. The number of ether oxygens (including phenoxy) is 1. The van der Waals surface area contributed by atoms with Gasteiger partial charge in [-0.25, -0.2) is 4.39 Å². The Bertz CT molecular complexity index is 1150. The molecule has 0 aliphatic rings. The molecule has 0 radical (unpaired) electrons. The fourth-order valence-corrected chi connectivity index (χ4v) is 3.81. The largest absolute Gasteiger partial charge is 0.484 e. The first-order chi connectivity index (χ1) is 17.3. The second-order valence-electron chi connectivity index (χ2n) is 9.21.